The average Bonchev–Trinajstić information content (AvgIpc) is 2.84. The van der Waals surface area contributed by atoms with Gasteiger partial charge in [-0.25, -0.2) is 13.8 Å². The first-order valence-corrected chi connectivity index (χ1v) is 12.8. The SMILES string of the molecule is COc1ccc(/C=N\NC(=O)c2ccc(CN(c3cccc(Cl)c3Cl)S(C)(=O)=O)cc2)c(OC)c1. The van der Waals surface area contributed by atoms with Gasteiger partial charge in [-0.05, 0) is 42.0 Å². The summed E-state index contributed by atoms with van der Waals surface area (Å²) in [6, 6.07) is 16.4. The standard InChI is InChI=1S/C24H23Cl2N3O5S/c1-33-19-12-11-18(22(13-19)34-2)14-27-28-24(30)17-9-7-16(8-10-17)15-29(35(3,31)32)21-6-4-5-20(25)23(21)26/h4-14H,15H2,1-3H3,(H,28,30)/b27-14-. The van der Waals surface area contributed by atoms with E-state index in [0.717, 1.165) is 10.6 Å². The highest BCUT2D eigenvalue weighted by molar-refractivity contribution is 7.92. The number of hydrogen-bond acceptors (Lipinski definition) is 6. The van der Waals surface area contributed by atoms with Crippen LogP contribution in [0.1, 0.15) is 21.5 Å². The van der Waals surface area contributed by atoms with E-state index in [2.05, 4.69) is 10.5 Å². The minimum atomic E-state index is -3.66. The van der Waals surface area contributed by atoms with Gasteiger partial charge in [-0.2, -0.15) is 5.10 Å². The second-order valence-corrected chi connectivity index (χ2v) is 10.0. The molecule has 0 aliphatic carbocycles. The van der Waals surface area contributed by atoms with Gasteiger partial charge in [0.15, 0.2) is 0 Å². The van der Waals surface area contributed by atoms with E-state index in [0.29, 0.717) is 28.2 Å². The Kier molecular flexibility index (Phi) is 8.61. The lowest BCUT2D eigenvalue weighted by Gasteiger charge is -2.24. The number of nitrogens with one attached hydrogen (secondary N) is 1. The molecule has 0 aromatic heterocycles. The number of anilines is 1. The molecule has 1 N–H and O–H groups in total. The number of sulfonamides is 1. The van der Waals surface area contributed by atoms with E-state index in [1.54, 1.807) is 67.8 Å². The molecule has 0 unspecified atom stereocenters. The van der Waals surface area contributed by atoms with Gasteiger partial charge in [-0.1, -0.05) is 41.4 Å². The van der Waals surface area contributed by atoms with Crippen molar-refractivity contribution in [2.45, 2.75) is 6.54 Å². The van der Waals surface area contributed by atoms with Crippen molar-refractivity contribution in [1.29, 1.82) is 0 Å². The maximum Gasteiger partial charge on any atom is 0.271 e. The van der Waals surface area contributed by atoms with Gasteiger partial charge in [0.25, 0.3) is 5.91 Å². The lowest BCUT2D eigenvalue weighted by Crippen LogP contribution is -2.29. The molecule has 0 bridgehead atoms. The van der Waals surface area contributed by atoms with Gasteiger partial charge < -0.3 is 9.47 Å². The maximum absolute atomic E-state index is 12.5. The molecule has 184 valence electrons. The van der Waals surface area contributed by atoms with Gasteiger partial charge in [-0.3, -0.25) is 9.10 Å². The van der Waals surface area contributed by atoms with Crippen LogP contribution in [0.15, 0.2) is 65.8 Å². The molecule has 3 aromatic carbocycles. The molecule has 11 heteroatoms. The van der Waals surface area contributed by atoms with E-state index in [-0.39, 0.29) is 22.3 Å². The minimum absolute atomic E-state index is 0.0101. The summed E-state index contributed by atoms with van der Waals surface area (Å²) in [4.78, 5) is 12.5. The van der Waals surface area contributed by atoms with Crippen LogP contribution in [0.4, 0.5) is 5.69 Å². The number of carbonyl (C=O) groups is 1. The molecule has 0 aliphatic rings. The lowest BCUT2D eigenvalue weighted by atomic mass is 10.1. The number of nitrogens with zero attached hydrogens (tertiary/aromatic N) is 2. The van der Waals surface area contributed by atoms with Crippen molar-refractivity contribution in [3.63, 3.8) is 0 Å². The molecular weight excluding hydrogens is 513 g/mol. The first kappa shape index (κ1) is 26.3. The summed E-state index contributed by atoms with van der Waals surface area (Å²) < 4.78 is 36.5. The number of rotatable bonds is 9. The second-order valence-electron chi connectivity index (χ2n) is 7.35. The molecule has 0 spiro atoms. The van der Waals surface area contributed by atoms with Gasteiger partial charge in [0, 0.05) is 17.2 Å². The van der Waals surface area contributed by atoms with Crippen LogP contribution < -0.4 is 19.2 Å². The smallest absolute Gasteiger partial charge is 0.271 e. The zero-order chi connectivity index (χ0) is 25.6. The van der Waals surface area contributed by atoms with E-state index in [1.165, 1.54) is 13.3 Å². The van der Waals surface area contributed by atoms with Crippen molar-refractivity contribution in [3.8, 4) is 11.5 Å². The third-order valence-corrected chi connectivity index (χ3v) is 6.89. The Morgan fingerprint density at radius 1 is 1.06 bits per heavy atom. The highest BCUT2D eigenvalue weighted by atomic mass is 35.5. The largest absolute Gasteiger partial charge is 0.497 e. The molecule has 0 aliphatic heterocycles. The fourth-order valence-electron chi connectivity index (χ4n) is 3.14. The van der Waals surface area contributed by atoms with Crippen molar-refractivity contribution in [2.75, 3.05) is 24.8 Å². The Labute approximate surface area is 214 Å². The molecule has 3 rings (SSSR count). The molecule has 0 saturated carbocycles. The molecular formula is C24H23Cl2N3O5S. The zero-order valence-corrected chi connectivity index (χ0v) is 21.5. The summed E-state index contributed by atoms with van der Waals surface area (Å²) in [5.41, 5.74) is 4.38. The fourth-order valence-corrected chi connectivity index (χ4v) is 4.48. The average molecular weight is 536 g/mol. The third-order valence-electron chi connectivity index (χ3n) is 4.95. The number of hydrazone groups is 1. The molecule has 0 heterocycles. The molecule has 3 aromatic rings. The highest BCUT2D eigenvalue weighted by Gasteiger charge is 2.21. The highest BCUT2D eigenvalue weighted by Crippen LogP contribution is 2.34. The maximum atomic E-state index is 12.5. The summed E-state index contributed by atoms with van der Waals surface area (Å²) in [6.07, 6.45) is 2.55. The first-order chi connectivity index (χ1) is 16.6. The topological polar surface area (TPSA) is 97.3 Å². The molecule has 35 heavy (non-hydrogen) atoms. The number of ether oxygens (including phenoxy) is 2. The fraction of sp³-hybridized carbons (Fsp3) is 0.167. The Bertz CT molecular complexity index is 1350. The van der Waals surface area contributed by atoms with Gasteiger partial charge in [0.05, 0.1) is 49.0 Å². The Hall–Kier alpha value is -3.27. The lowest BCUT2D eigenvalue weighted by molar-refractivity contribution is 0.0955. The van der Waals surface area contributed by atoms with Gasteiger partial charge >= 0.3 is 0 Å². The van der Waals surface area contributed by atoms with Crippen molar-refractivity contribution >= 4 is 51.0 Å². The Morgan fingerprint density at radius 3 is 2.40 bits per heavy atom. The summed E-state index contributed by atoms with van der Waals surface area (Å²) >= 11 is 12.3. The zero-order valence-electron chi connectivity index (χ0n) is 19.2. The van der Waals surface area contributed by atoms with E-state index >= 15 is 0 Å². The number of amides is 1. The summed E-state index contributed by atoms with van der Waals surface area (Å²) in [5.74, 6) is 0.746. The number of methoxy groups -OCH3 is 2. The first-order valence-electron chi connectivity index (χ1n) is 10.2. The van der Waals surface area contributed by atoms with Crippen LogP contribution >= 0.6 is 23.2 Å². The van der Waals surface area contributed by atoms with Crippen LogP contribution in [0, 0.1) is 0 Å². The molecule has 0 fully saturated rings. The van der Waals surface area contributed by atoms with E-state index in [1.807, 2.05) is 0 Å². The number of carbonyl (C=O) groups excluding carboxylic acids is 1. The third kappa shape index (κ3) is 6.66. The van der Waals surface area contributed by atoms with E-state index < -0.39 is 15.9 Å². The van der Waals surface area contributed by atoms with Crippen LogP contribution in [0.25, 0.3) is 0 Å². The number of halogens is 2. The molecule has 0 radical (unpaired) electrons. The van der Waals surface area contributed by atoms with Gasteiger partial charge in [0.1, 0.15) is 11.5 Å². The molecule has 8 nitrogen and oxygen atoms in total. The summed E-state index contributed by atoms with van der Waals surface area (Å²) in [5, 5.41) is 4.37. The predicted octanol–water partition coefficient (Wildman–Crippen LogP) is 4.74. The van der Waals surface area contributed by atoms with Crippen molar-refractivity contribution < 1.29 is 22.7 Å². The van der Waals surface area contributed by atoms with Crippen LogP contribution in [0.2, 0.25) is 10.0 Å². The summed E-state index contributed by atoms with van der Waals surface area (Å²) in [7, 11) is -0.577. The van der Waals surface area contributed by atoms with E-state index in [9.17, 15) is 13.2 Å². The molecule has 0 atom stereocenters. The Morgan fingerprint density at radius 2 is 1.77 bits per heavy atom. The second kappa shape index (κ2) is 11.4. The normalized spacial score (nSPS) is 11.3. The van der Waals surface area contributed by atoms with Gasteiger partial charge in [0.2, 0.25) is 10.0 Å². The molecule has 0 saturated heterocycles. The summed E-state index contributed by atoms with van der Waals surface area (Å²) in [6.45, 7) is 0.0101. The minimum Gasteiger partial charge on any atom is -0.497 e. The van der Waals surface area contributed by atoms with Crippen LogP contribution in [0.5, 0.6) is 11.5 Å². The number of hydrogen-bond donors (Lipinski definition) is 1. The van der Waals surface area contributed by atoms with Crippen molar-refractivity contribution in [1.82, 2.24) is 5.43 Å². The van der Waals surface area contributed by atoms with Crippen molar-refractivity contribution in [2.24, 2.45) is 5.10 Å². The van der Waals surface area contributed by atoms with Crippen molar-refractivity contribution in [3.05, 3.63) is 87.4 Å². The number of benzene rings is 3. The quantitative estimate of drug-likeness (QED) is 0.315. The van der Waals surface area contributed by atoms with E-state index in [4.69, 9.17) is 32.7 Å². The van der Waals surface area contributed by atoms with Crippen LogP contribution in [-0.4, -0.2) is 41.0 Å². The van der Waals surface area contributed by atoms with Crippen LogP contribution in [0.3, 0.4) is 0 Å². The predicted molar refractivity (Wildman–Crippen MR) is 139 cm³/mol. The van der Waals surface area contributed by atoms with Gasteiger partial charge in [-0.15, -0.1) is 0 Å². The monoisotopic (exact) mass is 535 g/mol. The van der Waals surface area contributed by atoms with Crippen LogP contribution in [-0.2, 0) is 16.6 Å². The molecule has 1 amide bonds. The Balaban J connectivity index is 1.72.